The molecule has 8 aliphatic carbocycles. The Bertz CT molecular complexity index is 611. The minimum Gasteiger partial charge on any atom is -0.290 e. The zero-order chi connectivity index (χ0) is 16.2. The highest BCUT2D eigenvalue weighted by molar-refractivity contribution is 6.42. The molecule has 0 amide bonds. The van der Waals surface area contributed by atoms with Gasteiger partial charge in [-0.2, -0.15) is 0 Å². The van der Waals surface area contributed by atoms with Crippen LogP contribution in [0.5, 0.6) is 0 Å². The van der Waals surface area contributed by atoms with E-state index >= 15 is 0 Å². The number of hydrogen-bond donors (Lipinski definition) is 0. The van der Waals surface area contributed by atoms with E-state index in [2.05, 4.69) is 13.8 Å². The highest BCUT2D eigenvalue weighted by atomic mass is 16.2. The van der Waals surface area contributed by atoms with Crippen LogP contribution in [0, 0.1) is 70.0 Å². The van der Waals surface area contributed by atoms with Crippen molar-refractivity contribution >= 4 is 11.6 Å². The maximum Gasteiger partial charge on any atom is 0.205 e. The van der Waals surface area contributed by atoms with Crippen LogP contribution in [-0.4, -0.2) is 11.6 Å². The van der Waals surface area contributed by atoms with E-state index in [1.807, 2.05) is 0 Å². The van der Waals surface area contributed by atoms with E-state index in [-0.39, 0.29) is 22.4 Å². The second kappa shape index (κ2) is 3.58. The van der Waals surface area contributed by atoms with Crippen molar-refractivity contribution in [3.63, 3.8) is 0 Å². The average molecular weight is 324 g/mol. The van der Waals surface area contributed by atoms with Crippen molar-refractivity contribution in [3.8, 4) is 0 Å². The standard InChI is InChI=1S/C22H28O2/c1-21-15-9-5-3-7-11(9)17-13(15)14-16(21)10-6-4-8-12(10)18(14)22(17,2)20(24)19(21)23/h9-18H,3-8H2,1-2H3/t9-,10-,11-,12-,13?,14?,15-,16+,17+,18-,21?,22?/m0/s1. The number of fused-ring (bicyclic) bond motifs is 3. The Kier molecular flexibility index (Phi) is 2.02. The third-order valence-corrected chi connectivity index (χ3v) is 11.2. The van der Waals surface area contributed by atoms with Crippen molar-refractivity contribution in [1.29, 1.82) is 0 Å². The van der Waals surface area contributed by atoms with Gasteiger partial charge in [-0.1, -0.05) is 26.7 Å². The molecule has 8 bridgehead atoms. The first-order valence-electron chi connectivity index (χ1n) is 10.6. The summed E-state index contributed by atoms with van der Waals surface area (Å²) in [4.78, 5) is 27.1. The van der Waals surface area contributed by atoms with E-state index in [0.717, 1.165) is 35.5 Å². The Balaban J connectivity index is 1.58. The molecular formula is C22H28O2. The first kappa shape index (κ1) is 13.5. The fraction of sp³-hybridized carbons (Fsp3) is 0.909. The summed E-state index contributed by atoms with van der Waals surface area (Å²) in [7, 11) is 0. The lowest BCUT2D eigenvalue weighted by atomic mass is 9.55. The maximum atomic E-state index is 13.6. The molecule has 8 aliphatic rings. The van der Waals surface area contributed by atoms with Gasteiger partial charge in [0.1, 0.15) is 0 Å². The van der Waals surface area contributed by atoms with Crippen LogP contribution in [0.1, 0.15) is 52.4 Å². The average Bonchev–Trinajstić information content (AvgIpc) is 3.29. The van der Waals surface area contributed by atoms with Crippen molar-refractivity contribution in [2.75, 3.05) is 0 Å². The Labute approximate surface area is 144 Å². The molecule has 0 aromatic carbocycles. The molecule has 0 aromatic heterocycles. The molecule has 0 radical (unpaired) electrons. The molecule has 24 heavy (non-hydrogen) atoms. The number of carbonyl (C=O) groups excluding carboxylic acids is 2. The van der Waals surface area contributed by atoms with Crippen LogP contribution >= 0.6 is 0 Å². The quantitative estimate of drug-likeness (QED) is 0.636. The molecular weight excluding hydrogens is 296 g/mol. The summed E-state index contributed by atoms with van der Waals surface area (Å²) in [6, 6.07) is 0. The Morgan fingerprint density at radius 1 is 0.625 bits per heavy atom. The second-order valence-electron chi connectivity index (χ2n) is 11.0. The molecule has 8 rings (SSSR count). The Hall–Kier alpha value is -0.660. The van der Waals surface area contributed by atoms with Crippen LogP contribution in [0.15, 0.2) is 0 Å². The maximum absolute atomic E-state index is 13.6. The first-order valence-corrected chi connectivity index (χ1v) is 10.6. The number of Topliss-reactive ketones (excluding diaryl/α,β-unsaturated/α-hetero) is 2. The monoisotopic (exact) mass is 324 g/mol. The summed E-state index contributed by atoms with van der Waals surface area (Å²) >= 11 is 0. The van der Waals surface area contributed by atoms with Gasteiger partial charge in [0, 0.05) is 10.8 Å². The molecule has 0 heterocycles. The Morgan fingerprint density at radius 3 is 1.21 bits per heavy atom. The van der Waals surface area contributed by atoms with Crippen molar-refractivity contribution in [2.24, 2.45) is 70.0 Å². The number of hydrogen-bond acceptors (Lipinski definition) is 2. The molecule has 8 saturated carbocycles. The lowest BCUT2D eigenvalue weighted by Crippen LogP contribution is -2.53. The normalized spacial score (nSPS) is 70.4. The van der Waals surface area contributed by atoms with E-state index in [1.165, 1.54) is 38.5 Å². The molecule has 0 spiro atoms. The van der Waals surface area contributed by atoms with Crippen molar-refractivity contribution in [2.45, 2.75) is 52.4 Å². The van der Waals surface area contributed by atoms with Gasteiger partial charge in [-0.25, -0.2) is 0 Å². The van der Waals surface area contributed by atoms with Crippen molar-refractivity contribution in [3.05, 3.63) is 0 Å². The van der Waals surface area contributed by atoms with Crippen LogP contribution in [0.2, 0.25) is 0 Å². The highest BCUT2D eigenvalue weighted by Crippen LogP contribution is 2.86. The van der Waals surface area contributed by atoms with Crippen LogP contribution in [0.4, 0.5) is 0 Å². The summed E-state index contributed by atoms with van der Waals surface area (Å²) in [5.41, 5.74) is -0.574. The molecule has 0 N–H and O–H groups in total. The summed E-state index contributed by atoms with van der Waals surface area (Å²) < 4.78 is 0. The van der Waals surface area contributed by atoms with E-state index in [1.54, 1.807) is 0 Å². The van der Waals surface area contributed by atoms with E-state index < -0.39 is 0 Å². The third-order valence-electron chi connectivity index (χ3n) is 11.2. The van der Waals surface area contributed by atoms with Gasteiger partial charge < -0.3 is 0 Å². The number of carbonyl (C=O) groups is 2. The lowest BCUT2D eigenvalue weighted by molar-refractivity contribution is -0.155. The lowest BCUT2D eigenvalue weighted by Gasteiger charge is -2.46. The predicted octanol–water partition coefficient (Wildman–Crippen LogP) is 3.74. The number of ketones is 2. The van der Waals surface area contributed by atoms with E-state index in [0.29, 0.717) is 23.7 Å². The minimum absolute atomic E-state index is 0.0909. The molecule has 4 unspecified atom stereocenters. The molecule has 2 heteroatoms. The molecule has 2 nitrogen and oxygen atoms in total. The first-order chi connectivity index (χ1) is 11.5. The predicted molar refractivity (Wildman–Crippen MR) is 88.8 cm³/mol. The molecule has 0 aromatic rings. The molecule has 12 atom stereocenters. The van der Waals surface area contributed by atoms with Gasteiger partial charge in [-0.3, -0.25) is 9.59 Å². The largest absolute Gasteiger partial charge is 0.290 e. The zero-order valence-electron chi connectivity index (χ0n) is 14.8. The van der Waals surface area contributed by atoms with Crippen LogP contribution in [-0.2, 0) is 9.59 Å². The van der Waals surface area contributed by atoms with E-state index in [9.17, 15) is 9.59 Å². The van der Waals surface area contributed by atoms with Gasteiger partial charge in [0.05, 0.1) is 0 Å². The summed E-state index contributed by atoms with van der Waals surface area (Å²) in [5, 5.41) is 0. The van der Waals surface area contributed by atoms with Gasteiger partial charge in [0.25, 0.3) is 0 Å². The fourth-order valence-corrected chi connectivity index (χ4v) is 11.3. The summed E-state index contributed by atoms with van der Waals surface area (Å²) in [6.07, 6.45) is 8.05. The summed E-state index contributed by atoms with van der Waals surface area (Å²) in [6.45, 7) is 4.56. The zero-order valence-corrected chi connectivity index (χ0v) is 14.8. The third kappa shape index (κ3) is 0.971. The van der Waals surface area contributed by atoms with Crippen molar-refractivity contribution in [1.82, 2.24) is 0 Å². The number of rotatable bonds is 0. The second-order valence-corrected chi connectivity index (χ2v) is 11.0. The van der Waals surface area contributed by atoms with Gasteiger partial charge >= 0.3 is 0 Å². The van der Waals surface area contributed by atoms with Crippen LogP contribution in [0.25, 0.3) is 0 Å². The van der Waals surface area contributed by atoms with Crippen LogP contribution in [0.3, 0.4) is 0 Å². The van der Waals surface area contributed by atoms with Gasteiger partial charge in [-0.15, -0.1) is 0 Å². The van der Waals surface area contributed by atoms with Crippen molar-refractivity contribution < 1.29 is 9.59 Å². The Morgan fingerprint density at radius 2 is 0.917 bits per heavy atom. The van der Waals surface area contributed by atoms with Gasteiger partial charge in [0.15, 0.2) is 0 Å². The molecule has 128 valence electrons. The fourth-order valence-electron chi connectivity index (χ4n) is 11.3. The highest BCUT2D eigenvalue weighted by Gasteiger charge is 2.87. The molecule has 0 aliphatic heterocycles. The van der Waals surface area contributed by atoms with Gasteiger partial charge in [-0.05, 0) is 84.9 Å². The van der Waals surface area contributed by atoms with Crippen LogP contribution < -0.4 is 0 Å². The minimum atomic E-state index is -0.287. The SMILES string of the molecule is CC12C(=O)C(=O)C3(C)[C@@H]4C(C5[C@@H]1[C@H]1CCC[C@@H]1[C@H]53)[C@H]2[C@H]1CCC[C@@H]14. The smallest absolute Gasteiger partial charge is 0.205 e. The van der Waals surface area contributed by atoms with E-state index in [4.69, 9.17) is 0 Å². The summed E-state index contributed by atoms with van der Waals surface area (Å²) in [5.74, 6) is 6.98. The van der Waals surface area contributed by atoms with Gasteiger partial charge in [0.2, 0.25) is 11.6 Å². The topological polar surface area (TPSA) is 34.1 Å². The molecule has 0 saturated heterocycles. The molecule has 8 fully saturated rings.